The Hall–Kier alpha value is -0.510. The second-order valence-corrected chi connectivity index (χ2v) is 4.74. The normalized spacial score (nSPS) is 11.8. The summed E-state index contributed by atoms with van der Waals surface area (Å²) >= 11 is 3.06. The highest BCUT2D eigenvalue weighted by Gasteiger charge is 2.20. The van der Waals surface area contributed by atoms with E-state index in [1.807, 2.05) is 20.8 Å². The van der Waals surface area contributed by atoms with Crippen LogP contribution in [0.5, 0.6) is 0 Å². The van der Waals surface area contributed by atoms with Crippen molar-refractivity contribution in [3.8, 4) is 0 Å². The van der Waals surface area contributed by atoms with Gasteiger partial charge in [-0.05, 0) is 22.9 Å². The Balaban J connectivity index is 3.29. The van der Waals surface area contributed by atoms with E-state index >= 15 is 0 Å². The minimum Gasteiger partial charge on any atom is -0.235 e. The van der Waals surface area contributed by atoms with E-state index < -0.39 is 0 Å². The molecular weight excluding hydrogens is 235 g/mol. The maximum Gasteiger partial charge on any atom is 0.177 e. The SMILES string of the molecule is Cc1nc(C(C)(C)C)nc(Br)c1F. The maximum absolute atomic E-state index is 13.1. The molecule has 0 aliphatic carbocycles. The molecule has 1 rings (SSSR count). The van der Waals surface area contributed by atoms with Gasteiger partial charge in [0, 0.05) is 5.41 Å². The van der Waals surface area contributed by atoms with Gasteiger partial charge in [-0.2, -0.15) is 0 Å². The summed E-state index contributed by atoms with van der Waals surface area (Å²) in [6, 6.07) is 0. The smallest absolute Gasteiger partial charge is 0.177 e. The highest BCUT2D eigenvalue weighted by atomic mass is 79.9. The highest BCUT2D eigenvalue weighted by Crippen LogP contribution is 2.22. The number of hydrogen-bond donors (Lipinski definition) is 0. The van der Waals surface area contributed by atoms with Crippen molar-refractivity contribution in [2.45, 2.75) is 33.1 Å². The highest BCUT2D eigenvalue weighted by molar-refractivity contribution is 9.10. The van der Waals surface area contributed by atoms with Crippen LogP contribution in [0.25, 0.3) is 0 Å². The summed E-state index contributed by atoms with van der Waals surface area (Å²) in [6.45, 7) is 7.61. The minimum absolute atomic E-state index is 0.152. The molecule has 0 saturated carbocycles. The summed E-state index contributed by atoms with van der Waals surface area (Å²) in [6.07, 6.45) is 0. The molecule has 0 spiro atoms. The Morgan fingerprint density at radius 2 is 1.77 bits per heavy atom. The van der Waals surface area contributed by atoms with E-state index in [9.17, 15) is 4.39 Å². The summed E-state index contributed by atoms with van der Waals surface area (Å²) in [5.41, 5.74) is 0.229. The number of rotatable bonds is 0. The maximum atomic E-state index is 13.1. The van der Waals surface area contributed by atoms with Crippen LogP contribution < -0.4 is 0 Å². The Bertz CT molecular complexity index is 308. The van der Waals surface area contributed by atoms with Crippen LogP contribution in [-0.2, 0) is 5.41 Å². The molecule has 0 bridgehead atoms. The quantitative estimate of drug-likeness (QED) is 0.658. The van der Waals surface area contributed by atoms with Crippen molar-refractivity contribution in [1.29, 1.82) is 0 Å². The zero-order valence-electron chi connectivity index (χ0n) is 8.15. The van der Waals surface area contributed by atoms with Crippen LogP contribution in [0.15, 0.2) is 4.60 Å². The first kappa shape index (κ1) is 10.6. The molecular formula is C9H12BrFN2. The minimum atomic E-state index is -0.381. The number of hydrogen-bond acceptors (Lipinski definition) is 2. The predicted molar refractivity (Wildman–Crippen MR) is 53.1 cm³/mol. The van der Waals surface area contributed by atoms with Gasteiger partial charge in [0.1, 0.15) is 10.4 Å². The summed E-state index contributed by atoms with van der Waals surface area (Å²) in [5, 5.41) is 0. The van der Waals surface area contributed by atoms with Crippen LogP contribution in [-0.4, -0.2) is 9.97 Å². The first-order valence-electron chi connectivity index (χ1n) is 4.02. The van der Waals surface area contributed by atoms with Gasteiger partial charge in [-0.3, -0.25) is 0 Å². The lowest BCUT2D eigenvalue weighted by Crippen LogP contribution is -2.17. The van der Waals surface area contributed by atoms with Crippen molar-refractivity contribution in [1.82, 2.24) is 9.97 Å². The molecule has 0 radical (unpaired) electrons. The summed E-state index contributed by atoms with van der Waals surface area (Å²) in [5.74, 6) is 0.270. The molecule has 1 aromatic rings. The third-order valence-corrected chi connectivity index (χ3v) is 2.17. The summed E-state index contributed by atoms with van der Waals surface area (Å²) in [4.78, 5) is 8.12. The third-order valence-electron chi connectivity index (χ3n) is 1.65. The molecule has 0 amide bonds. The molecule has 0 N–H and O–H groups in total. The Morgan fingerprint density at radius 3 is 2.15 bits per heavy atom. The molecule has 0 aliphatic heterocycles. The van der Waals surface area contributed by atoms with E-state index in [1.54, 1.807) is 6.92 Å². The molecule has 1 heterocycles. The predicted octanol–water partition coefficient (Wildman–Crippen LogP) is 2.98. The van der Waals surface area contributed by atoms with E-state index in [0.29, 0.717) is 11.5 Å². The number of nitrogens with zero attached hydrogens (tertiary/aromatic N) is 2. The van der Waals surface area contributed by atoms with Gasteiger partial charge < -0.3 is 0 Å². The third kappa shape index (κ3) is 2.24. The van der Waals surface area contributed by atoms with Crippen molar-refractivity contribution in [2.24, 2.45) is 0 Å². The molecule has 4 heteroatoms. The van der Waals surface area contributed by atoms with Crippen molar-refractivity contribution >= 4 is 15.9 Å². The Kier molecular flexibility index (Phi) is 2.71. The van der Waals surface area contributed by atoms with E-state index in [-0.39, 0.29) is 15.8 Å². The molecule has 0 fully saturated rings. The van der Waals surface area contributed by atoms with Crippen LogP contribution in [0, 0.1) is 12.7 Å². The van der Waals surface area contributed by atoms with Crippen molar-refractivity contribution in [2.75, 3.05) is 0 Å². The monoisotopic (exact) mass is 246 g/mol. The van der Waals surface area contributed by atoms with Crippen LogP contribution >= 0.6 is 15.9 Å². The molecule has 1 aromatic heterocycles. The van der Waals surface area contributed by atoms with Gasteiger partial charge in [-0.25, -0.2) is 14.4 Å². The van der Waals surface area contributed by atoms with E-state index in [2.05, 4.69) is 25.9 Å². The molecule has 0 atom stereocenters. The number of aromatic nitrogens is 2. The second-order valence-electron chi connectivity index (χ2n) is 3.99. The zero-order chi connectivity index (χ0) is 10.2. The van der Waals surface area contributed by atoms with E-state index in [0.717, 1.165) is 0 Å². The number of halogens is 2. The topological polar surface area (TPSA) is 25.8 Å². The second kappa shape index (κ2) is 3.33. The first-order chi connectivity index (χ1) is 5.82. The molecule has 2 nitrogen and oxygen atoms in total. The fourth-order valence-corrected chi connectivity index (χ4v) is 1.31. The molecule has 0 saturated heterocycles. The zero-order valence-corrected chi connectivity index (χ0v) is 9.74. The first-order valence-corrected chi connectivity index (χ1v) is 4.82. The van der Waals surface area contributed by atoms with Gasteiger partial charge >= 0.3 is 0 Å². The standard InChI is InChI=1S/C9H12BrFN2/c1-5-6(11)7(10)13-8(12-5)9(2,3)4/h1-4H3. The van der Waals surface area contributed by atoms with Crippen molar-refractivity contribution in [3.63, 3.8) is 0 Å². The summed E-state index contributed by atoms with van der Waals surface area (Å²) in [7, 11) is 0. The van der Waals surface area contributed by atoms with Crippen LogP contribution in [0.1, 0.15) is 32.3 Å². The van der Waals surface area contributed by atoms with Gasteiger partial charge in [-0.1, -0.05) is 20.8 Å². The van der Waals surface area contributed by atoms with Crippen LogP contribution in [0.3, 0.4) is 0 Å². The lowest BCUT2D eigenvalue weighted by Gasteiger charge is -2.17. The van der Waals surface area contributed by atoms with Crippen LogP contribution in [0.4, 0.5) is 4.39 Å². The van der Waals surface area contributed by atoms with Crippen molar-refractivity contribution < 1.29 is 4.39 Å². The Morgan fingerprint density at radius 1 is 1.23 bits per heavy atom. The van der Waals surface area contributed by atoms with E-state index in [1.165, 1.54) is 0 Å². The fraction of sp³-hybridized carbons (Fsp3) is 0.556. The fourth-order valence-electron chi connectivity index (χ4n) is 0.860. The van der Waals surface area contributed by atoms with Crippen molar-refractivity contribution in [3.05, 3.63) is 21.9 Å². The van der Waals surface area contributed by atoms with Gasteiger partial charge in [0.25, 0.3) is 0 Å². The molecule has 0 aromatic carbocycles. The van der Waals surface area contributed by atoms with Gasteiger partial charge in [-0.15, -0.1) is 0 Å². The number of aryl methyl sites for hydroxylation is 1. The van der Waals surface area contributed by atoms with Crippen LogP contribution in [0.2, 0.25) is 0 Å². The Labute approximate surface area is 85.7 Å². The van der Waals surface area contributed by atoms with Gasteiger partial charge in [0.05, 0.1) is 5.69 Å². The average molecular weight is 247 g/mol. The molecule has 72 valence electrons. The lowest BCUT2D eigenvalue weighted by molar-refractivity contribution is 0.519. The van der Waals surface area contributed by atoms with Gasteiger partial charge in [0.15, 0.2) is 5.82 Å². The largest absolute Gasteiger partial charge is 0.235 e. The van der Waals surface area contributed by atoms with Gasteiger partial charge in [0.2, 0.25) is 0 Å². The lowest BCUT2D eigenvalue weighted by atomic mass is 9.96. The van der Waals surface area contributed by atoms with E-state index in [4.69, 9.17) is 0 Å². The average Bonchev–Trinajstić information content (AvgIpc) is 1.97. The molecule has 0 unspecified atom stereocenters. The summed E-state index contributed by atoms with van der Waals surface area (Å²) < 4.78 is 13.4. The molecule has 0 aliphatic rings. The molecule has 13 heavy (non-hydrogen) atoms.